The number of ether oxygens (including phenoxy) is 1. The molecule has 0 bridgehead atoms. The summed E-state index contributed by atoms with van der Waals surface area (Å²) in [6.45, 7) is 0. The first-order valence-corrected chi connectivity index (χ1v) is 9.97. The number of methoxy groups -OCH3 is 1. The highest BCUT2D eigenvalue weighted by Crippen LogP contribution is 2.41. The van der Waals surface area contributed by atoms with Crippen LogP contribution in [0.5, 0.6) is 0 Å². The average molecular weight is 448 g/mol. The fourth-order valence-electron chi connectivity index (χ4n) is 3.81. The molecule has 1 aliphatic rings. The van der Waals surface area contributed by atoms with Crippen molar-refractivity contribution in [3.8, 4) is 11.3 Å². The molecule has 154 valence electrons. The Morgan fingerprint density at radius 1 is 1.27 bits per heavy atom. The number of carbonyl (C=O) groups is 2. The van der Waals surface area contributed by atoms with Gasteiger partial charge in [0.25, 0.3) is 0 Å². The Morgan fingerprint density at radius 3 is 2.77 bits per heavy atom. The minimum Gasteiger partial charge on any atom is -0.465 e. The van der Waals surface area contributed by atoms with Crippen LogP contribution < -0.4 is 0 Å². The molecule has 0 saturated carbocycles. The first kappa shape index (κ1) is 20.5. The molecule has 6 nitrogen and oxygen atoms in total. The number of nitrogens with zero attached hydrogens (tertiary/aromatic N) is 2. The summed E-state index contributed by atoms with van der Waals surface area (Å²) in [5, 5.41) is 7.44. The molecule has 1 aromatic carbocycles. The van der Waals surface area contributed by atoms with Crippen LogP contribution in [-0.4, -0.2) is 34.0 Å². The summed E-state index contributed by atoms with van der Waals surface area (Å²) in [6.07, 6.45) is 3.41. The zero-order chi connectivity index (χ0) is 21.4. The van der Waals surface area contributed by atoms with Crippen LogP contribution in [0.15, 0.2) is 30.5 Å². The van der Waals surface area contributed by atoms with Gasteiger partial charge in [-0.15, -0.1) is 0 Å². The zero-order valence-electron chi connectivity index (χ0n) is 15.8. The van der Waals surface area contributed by atoms with Crippen molar-refractivity contribution in [3.05, 3.63) is 68.8 Å². The van der Waals surface area contributed by atoms with Crippen LogP contribution in [0.4, 0.5) is 4.39 Å². The van der Waals surface area contributed by atoms with E-state index in [0.29, 0.717) is 24.1 Å². The molecule has 1 aliphatic carbocycles. The number of benzene rings is 1. The fraction of sp³-hybridized carbons (Fsp3) is 0.238. The number of Topliss-reactive ketones (excluding diaryl/α,β-unsaturated/α-hetero) is 1. The predicted octanol–water partition coefficient (Wildman–Crippen LogP) is 5.01. The van der Waals surface area contributed by atoms with E-state index in [2.05, 4.69) is 19.9 Å². The molecule has 0 amide bonds. The van der Waals surface area contributed by atoms with Gasteiger partial charge in [0.05, 0.1) is 34.9 Å². The molecule has 0 saturated heterocycles. The second kappa shape index (κ2) is 8.16. The monoisotopic (exact) mass is 447 g/mol. The Bertz CT molecular complexity index is 1140. The molecule has 30 heavy (non-hydrogen) atoms. The lowest BCUT2D eigenvalue weighted by atomic mass is 9.80. The van der Waals surface area contributed by atoms with Gasteiger partial charge in [0.15, 0.2) is 5.78 Å². The molecule has 4 rings (SSSR count). The van der Waals surface area contributed by atoms with Gasteiger partial charge >= 0.3 is 5.97 Å². The first-order chi connectivity index (χ1) is 14.4. The summed E-state index contributed by atoms with van der Waals surface area (Å²) in [4.78, 5) is 29.0. The van der Waals surface area contributed by atoms with E-state index in [1.54, 1.807) is 0 Å². The van der Waals surface area contributed by atoms with Crippen molar-refractivity contribution in [1.82, 2.24) is 15.2 Å². The minimum atomic E-state index is -0.640. The van der Waals surface area contributed by atoms with Crippen molar-refractivity contribution in [2.45, 2.75) is 25.2 Å². The summed E-state index contributed by atoms with van der Waals surface area (Å²) in [5.41, 5.74) is 2.13. The van der Waals surface area contributed by atoms with Crippen LogP contribution in [0.25, 0.3) is 11.3 Å². The van der Waals surface area contributed by atoms with Crippen molar-refractivity contribution in [1.29, 1.82) is 0 Å². The van der Waals surface area contributed by atoms with Crippen LogP contribution in [0, 0.1) is 5.82 Å². The second-order valence-corrected chi connectivity index (χ2v) is 7.68. The van der Waals surface area contributed by atoms with Gasteiger partial charge < -0.3 is 4.74 Å². The maximum atomic E-state index is 14.9. The van der Waals surface area contributed by atoms with Gasteiger partial charge in [-0.2, -0.15) is 5.10 Å². The number of ketones is 1. The van der Waals surface area contributed by atoms with E-state index in [1.165, 1.54) is 31.5 Å². The van der Waals surface area contributed by atoms with Crippen LogP contribution in [0.2, 0.25) is 10.2 Å². The summed E-state index contributed by atoms with van der Waals surface area (Å²) >= 11 is 12.4. The van der Waals surface area contributed by atoms with Crippen LogP contribution in [-0.2, 0) is 11.2 Å². The lowest BCUT2D eigenvalue weighted by molar-refractivity contribution is 0.0600. The third-order valence-corrected chi connectivity index (χ3v) is 5.81. The number of hydrogen-bond acceptors (Lipinski definition) is 5. The number of esters is 1. The molecule has 0 fully saturated rings. The number of nitrogens with one attached hydrogen (secondary N) is 1. The van der Waals surface area contributed by atoms with E-state index in [9.17, 15) is 14.0 Å². The van der Waals surface area contributed by atoms with Crippen LogP contribution >= 0.6 is 23.2 Å². The largest absolute Gasteiger partial charge is 0.465 e. The summed E-state index contributed by atoms with van der Waals surface area (Å²) in [5.74, 6) is -2.16. The standard InChI is InChI=1S/C21H16Cl2FN3O3/c1-30-21(29)10-5-6-11(14(24)9-10)18-16-12(3-2-4-15(16)26-27-18)19(28)17-13(22)7-8-25-20(17)23/h5-9,12H,2-4H2,1H3,(H,26,27). The van der Waals surface area contributed by atoms with Crippen molar-refractivity contribution in [3.63, 3.8) is 0 Å². The normalized spacial score (nSPS) is 15.5. The van der Waals surface area contributed by atoms with Gasteiger partial charge in [0.1, 0.15) is 11.0 Å². The molecule has 3 aromatic rings. The predicted molar refractivity (Wildman–Crippen MR) is 110 cm³/mol. The Hall–Kier alpha value is -2.77. The topological polar surface area (TPSA) is 84.9 Å². The Labute approximate surface area is 181 Å². The maximum Gasteiger partial charge on any atom is 0.337 e. The van der Waals surface area contributed by atoms with E-state index >= 15 is 0 Å². The van der Waals surface area contributed by atoms with E-state index in [0.717, 1.165) is 18.2 Å². The third kappa shape index (κ3) is 3.48. The average Bonchev–Trinajstić information content (AvgIpc) is 3.17. The van der Waals surface area contributed by atoms with Crippen molar-refractivity contribution >= 4 is 35.0 Å². The molecule has 1 unspecified atom stereocenters. The van der Waals surface area contributed by atoms with E-state index < -0.39 is 17.7 Å². The molecular formula is C21H16Cl2FN3O3. The minimum absolute atomic E-state index is 0.0262. The van der Waals surface area contributed by atoms with Gasteiger partial charge in [0, 0.05) is 23.0 Å². The number of H-pyrrole nitrogens is 1. The molecule has 0 aliphatic heterocycles. The van der Waals surface area contributed by atoms with Crippen molar-refractivity contribution in [2.24, 2.45) is 0 Å². The van der Waals surface area contributed by atoms with Gasteiger partial charge in [-0.05, 0) is 43.5 Å². The molecule has 9 heteroatoms. The smallest absolute Gasteiger partial charge is 0.337 e. The third-order valence-electron chi connectivity index (χ3n) is 5.21. The fourth-order valence-corrected chi connectivity index (χ4v) is 4.35. The molecule has 0 radical (unpaired) electrons. The quantitative estimate of drug-likeness (QED) is 0.345. The van der Waals surface area contributed by atoms with Crippen molar-refractivity contribution < 1.29 is 18.7 Å². The highest BCUT2D eigenvalue weighted by Gasteiger charge is 2.35. The summed E-state index contributed by atoms with van der Waals surface area (Å²) in [7, 11) is 1.23. The highest BCUT2D eigenvalue weighted by atomic mass is 35.5. The number of carbonyl (C=O) groups excluding carboxylic acids is 2. The number of aromatic amines is 1. The summed E-state index contributed by atoms with van der Waals surface area (Å²) in [6, 6.07) is 5.51. The van der Waals surface area contributed by atoms with Crippen molar-refractivity contribution in [2.75, 3.05) is 7.11 Å². The number of pyridine rings is 1. The Morgan fingerprint density at radius 2 is 2.07 bits per heavy atom. The van der Waals surface area contributed by atoms with Gasteiger partial charge in [-0.25, -0.2) is 14.2 Å². The van der Waals surface area contributed by atoms with E-state index in [4.69, 9.17) is 23.2 Å². The van der Waals surface area contributed by atoms with Gasteiger partial charge in [0.2, 0.25) is 0 Å². The number of rotatable bonds is 4. The number of hydrogen-bond donors (Lipinski definition) is 1. The molecular weight excluding hydrogens is 432 g/mol. The Kier molecular flexibility index (Phi) is 5.58. The number of halogens is 3. The van der Waals surface area contributed by atoms with Crippen LogP contribution in [0.3, 0.4) is 0 Å². The van der Waals surface area contributed by atoms with Crippen LogP contribution in [0.1, 0.15) is 50.7 Å². The molecule has 1 N–H and O–H groups in total. The molecule has 2 heterocycles. The van der Waals surface area contributed by atoms with Gasteiger partial charge in [-0.3, -0.25) is 9.89 Å². The SMILES string of the molecule is COC(=O)c1ccc(-c2n[nH]c3c2C(C(=O)c2c(Cl)ccnc2Cl)CCC3)c(F)c1. The molecule has 1 atom stereocenters. The van der Waals surface area contributed by atoms with E-state index in [1.807, 2.05) is 0 Å². The maximum absolute atomic E-state index is 14.9. The molecule has 2 aromatic heterocycles. The first-order valence-electron chi connectivity index (χ1n) is 9.22. The van der Waals surface area contributed by atoms with Gasteiger partial charge in [-0.1, -0.05) is 23.2 Å². The molecule has 0 spiro atoms. The summed E-state index contributed by atoms with van der Waals surface area (Å²) < 4.78 is 19.5. The lowest BCUT2D eigenvalue weighted by Gasteiger charge is -2.23. The highest BCUT2D eigenvalue weighted by molar-refractivity contribution is 6.39. The lowest BCUT2D eigenvalue weighted by Crippen LogP contribution is -2.20. The zero-order valence-corrected chi connectivity index (χ0v) is 17.4. The number of aryl methyl sites for hydroxylation is 1. The number of fused-ring (bicyclic) bond motifs is 1. The number of aromatic nitrogens is 3. The van der Waals surface area contributed by atoms with E-state index in [-0.39, 0.29) is 32.6 Å². The second-order valence-electron chi connectivity index (χ2n) is 6.92. The Balaban J connectivity index is 1.80.